The molecule has 0 aromatic rings. The average molecular weight is 200 g/mol. The number of nitrogens with zero attached hydrogens (tertiary/aromatic N) is 1. The summed E-state index contributed by atoms with van der Waals surface area (Å²) in [5.74, 6) is 2.44. The van der Waals surface area contributed by atoms with E-state index in [0.29, 0.717) is 0 Å². The number of hydrogen-bond acceptors (Lipinski definition) is 3. The number of hydrogen-bond donors (Lipinski definition) is 1. The molecule has 3 heteroatoms. The van der Waals surface area contributed by atoms with Crippen molar-refractivity contribution in [2.75, 3.05) is 31.1 Å². The smallest absolute Gasteiger partial charge is 0.0382 e. The summed E-state index contributed by atoms with van der Waals surface area (Å²) in [6.45, 7) is 3.70. The molecule has 2 fully saturated rings. The van der Waals surface area contributed by atoms with E-state index in [9.17, 15) is 0 Å². The van der Waals surface area contributed by atoms with Crippen LogP contribution >= 0.6 is 11.8 Å². The fourth-order valence-corrected chi connectivity index (χ4v) is 3.65. The standard InChI is InChI=1S/C10H20N2S/c11-10(4-7-13-9-10)8-12-5-2-1-3-6-12/h1-9,11H2. The summed E-state index contributed by atoms with van der Waals surface area (Å²) in [4.78, 5) is 2.56. The van der Waals surface area contributed by atoms with Crippen LogP contribution in [0.25, 0.3) is 0 Å². The van der Waals surface area contributed by atoms with E-state index in [0.717, 1.165) is 6.54 Å². The van der Waals surface area contributed by atoms with Crippen LogP contribution < -0.4 is 5.73 Å². The van der Waals surface area contributed by atoms with Gasteiger partial charge in [-0.05, 0) is 38.1 Å². The minimum atomic E-state index is 0.141. The third-order valence-corrected chi connectivity index (χ3v) is 4.39. The largest absolute Gasteiger partial charge is 0.323 e. The zero-order chi connectivity index (χ0) is 9.15. The average Bonchev–Trinajstić information content (AvgIpc) is 2.54. The van der Waals surface area contributed by atoms with E-state index in [4.69, 9.17) is 5.73 Å². The van der Waals surface area contributed by atoms with Crippen LogP contribution in [0.3, 0.4) is 0 Å². The Morgan fingerprint density at radius 1 is 1.23 bits per heavy atom. The molecule has 1 atom stereocenters. The number of thioether (sulfide) groups is 1. The predicted molar refractivity (Wildman–Crippen MR) is 59.2 cm³/mol. The van der Waals surface area contributed by atoms with Crippen LogP contribution in [-0.4, -0.2) is 41.6 Å². The van der Waals surface area contributed by atoms with E-state index in [1.54, 1.807) is 0 Å². The molecule has 0 bridgehead atoms. The van der Waals surface area contributed by atoms with Crippen LogP contribution in [0.2, 0.25) is 0 Å². The third kappa shape index (κ3) is 2.61. The molecule has 13 heavy (non-hydrogen) atoms. The molecule has 2 N–H and O–H groups in total. The van der Waals surface area contributed by atoms with E-state index in [1.165, 1.54) is 50.3 Å². The highest BCUT2D eigenvalue weighted by Crippen LogP contribution is 2.27. The lowest BCUT2D eigenvalue weighted by Crippen LogP contribution is -2.51. The number of nitrogens with two attached hydrogens (primary N) is 1. The molecule has 2 saturated heterocycles. The van der Waals surface area contributed by atoms with Gasteiger partial charge in [0.15, 0.2) is 0 Å². The fourth-order valence-electron chi connectivity index (χ4n) is 2.31. The summed E-state index contributed by atoms with van der Waals surface area (Å²) in [6, 6.07) is 0. The lowest BCUT2D eigenvalue weighted by molar-refractivity contribution is 0.187. The summed E-state index contributed by atoms with van der Waals surface area (Å²) >= 11 is 2.02. The van der Waals surface area contributed by atoms with E-state index in [2.05, 4.69) is 4.90 Å². The van der Waals surface area contributed by atoms with Gasteiger partial charge in [-0.15, -0.1) is 0 Å². The SMILES string of the molecule is NC1(CN2CCCCC2)CCSC1. The molecule has 0 spiro atoms. The zero-order valence-electron chi connectivity index (χ0n) is 8.30. The second kappa shape index (κ2) is 4.20. The van der Waals surface area contributed by atoms with Crippen molar-refractivity contribution in [3.63, 3.8) is 0 Å². The second-order valence-electron chi connectivity index (χ2n) is 4.50. The Morgan fingerprint density at radius 3 is 2.62 bits per heavy atom. The summed E-state index contributed by atoms with van der Waals surface area (Å²) in [7, 11) is 0. The van der Waals surface area contributed by atoms with Gasteiger partial charge in [0.2, 0.25) is 0 Å². The van der Waals surface area contributed by atoms with E-state index in [1.807, 2.05) is 11.8 Å². The van der Waals surface area contributed by atoms with Crippen molar-refractivity contribution in [2.24, 2.45) is 5.73 Å². The highest BCUT2D eigenvalue weighted by Gasteiger charge is 2.32. The summed E-state index contributed by atoms with van der Waals surface area (Å²) < 4.78 is 0. The Labute approximate surface area is 85.2 Å². The summed E-state index contributed by atoms with van der Waals surface area (Å²) in [6.07, 6.45) is 5.39. The summed E-state index contributed by atoms with van der Waals surface area (Å²) in [5, 5.41) is 0. The fraction of sp³-hybridized carbons (Fsp3) is 1.00. The quantitative estimate of drug-likeness (QED) is 0.729. The topological polar surface area (TPSA) is 29.3 Å². The first-order valence-electron chi connectivity index (χ1n) is 5.38. The minimum absolute atomic E-state index is 0.141. The molecule has 2 heterocycles. The predicted octanol–water partition coefficient (Wildman–Crippen LogP) is 1.31. The van der Waals surface area contributed by atoms with Crippen LogP contribution in [0.5, 0.6) is 0 Å². The molecule has 1 unspecified atom stereocenters. The molecule has 0 saturated carbocycles. The van der Waals surface area contributed by atoms with Gasteiger partial charge in [-0.3, -0.25) is 0 Å². The van der Waals surface area contributed by atoms with Crippen molar-refractivity contribution in [1.29, 1.82) is 0 Å². The Kier molecular flexibility index (Phi) is 3.17. The zero-order valence-corrected chi connectivity index (χ0v) is 9.11. The van der Waals surface area contributed by atoms with Crippen LogP contribution in [0.4, 0.5) is 0 Å². The van der Waals surface area contributed by atoms with Crippen LogP contribution in [0, 0.1) is 0 Å². The number of piperidine rings is 1. The maximum Gasteiger partial charge on any atom is 0.0382 e. The first-order chi connectivity index (χ1) is 6.29. The number of likely N-dealkylation sites (tertiary alicyclic amines) is 1. The van der Waals surface area contributed by atoms with Crippen molar-refractivity contribution in [2.45, 2.75) is 31.2 Å². The highest BCUT2D eigenvalue weighted by atomic mass is 32.2. The van der Waals surface area contributed by atoms with E-state index >= 15 is 0 Å². The molecule has 0 aliphatic carbocycles. The second-order valence-corrected chi connectivity index (χ2v) is 5.61. The molecule has 0 aromatic heterocycles. The molecule has 76 valence electrons. The van der Waals surface area contributed by atoms with Crippen LogP contribution in [0.1, 0.15) is 25.7 Å². The maximum absolute atomic E-state index is 6.33. The van der Waals surface area contributed by atoms with Crippen LogP contribution in [0.15, 0.2) is 0 Å². The molecule has 0 aromatic carbocycles. The van der Waals surface area contributed by atoms with Gasteiger partial charge in [0.1, 0.15) is 0 Å². The molecule has 2 aliphatic heterocycles. The Bertz CT molecular complexity index is 160. The van der Waals surface area contributed by atoms with Gasteiger partial charge in [0.05, 0.1) is 0 Å². The minimum Gasteiger partial charge on any atom is -0.323 e. The van der Waals surface area contributed by atoms with Gasteiger partial charge < -0.3 is 10.6 Å². The maximum atomic E-state index is 6.33. The van der Waals surface area contributed by atoms with Gasteiger partial charge in [0.25, 0.3) is 0 Å². The Hall–Kier alpha value is 0.270. The molecule has 2 nitrogen and oxygen atoms in total. The first-order valence-corrected chi connectivity index (χ1v) is 6.53. The lowest BCUT2D eigenvalue weighted by atomic mass is 9.98. The van der Waals surface area contributed by atoms with Crippen LogP contribution in [-0.2, 0) is 0 Å². The normalized spacial score (nSPS) is 36.7. The van der Waals surface area contributed by atoms with E-state index < -0.39 is 0 Å². The monoisotopic (exact) mass is 200 g/mol. The Balaban J connectivity index is 1.81. The third-order valence-electron chi connectivity index (χ3n) is 3.12. The van der Waals surface area contributed by atoms with Crippen molar-refractivity contribution in [1.82, 2.24) is 4.90 Å². The van der Waals surface area contributed by atoms with Crippen molar-refractivity contribution < 1.29 is 0 Å². The van der Waals surface area contributed by atoms with Crippen molar-refractivity contribution in [3.05, 3.63) is 0 Å². The summed E-state index contributed by atoms with van der Waals surface area (Å²) in [5.41, 5.74) is 6.47. The van der Waals surface area contributed by atoms with Crippen molar-refractivity contribution in [3.8, 4) is 0 Å². The highest BCUT2D eigenvalue weighted by molar-refractivity contribution is 7.99. The number of rotatable bonds is 2. The Morgan fingerprint density at radius 2 is 2.00 bits per heavy atom. The van der Waals surface area contributed by atoms with Gasteiger partial charge in [-0.2, -0.15) is 11.8 Å². The lowest BCUT2D eigenvalue weighted by Gasteiger charge is -2.34. The van der Waals surface area contributed by atoms with Gasteiger partial charge in [-0.1, -0.05) is 6.42 Å². The van der Waals surface area contributed by atoms with Gasteiger partial charge >= 0.3 is 0 Å². The molecule has 2 aliphatic rings. The molecule has 0 amide bonds. The molecule has 0 radical (unpaired) electrons. The molecular weight excluding hydrogens is 180 g/mol. The van der Waals surface area contributed by atoms with E-state index in [-0.39, 0.29) is 5.54 Å². The van der Waals surface area contributed by atoms with Crippen molar-refractivity contribution >= 4 is 11.8 Å². The van der Waals surface area contributed by atoms with Gasteiger partial charge in [0, 0.05) is 17.8 Å². The first kappa shape index (κ1) is 9.81. The molecular formula is C10H20N2S. The molecule has 2 rings (SSSR count). The van der Waals surface area contributed by atoms with Gasteiger partial charge in [-0.25, -0.2) is 0 Å².